The summed E-state index contributed by atoms with van der Waals surface area (Å²) in [6.07, 6.45) is 1.61. The summed E-state index contributed by atoms with van der Waals surface area (Å²) in [5.74, 6) is 0. The minimum atomic E-state index is -3.07. The molecule has 5 heteroatoms. The summed E-state index contributed by atoms with van der Waals surface area (Å²) >= 11 is 5.40. The molecule has 0 heterocycles. The second-order valence-corrected chi connectivity index (χ2v) is 7.62. The molecule has 0 amide bonds. The summed E-state index contributed by atoms with van der Waals surface area (Å²) in [5.41, 5.74) is 0. The summed E-state index contributed by atoms with van der Waals surface area (Å²) in [7, 11) is -3.07. The molecular weight excluding hydrogens is 379 g/mol. The van der Waals surface area contributed by atoms with Crippen LogP contribution in [-0.2, 0) is 9.84 Å². The first kappa shape index (κ1) is 10.9. The molecule has 1 aromatic carbocycles. The molecule has 1 fully saturated rings. The fraction of sp³-hybridized carbons (Fsp3) is 0.333. The summed E-state index contributed by atoms with van der Waals surface area (Å²) in [5, 5.41) is -0.142. The molecule has 0 saturated heterocycles. The number of rotatable bonds is 2. The van der Waals surface area contributed by atoms with E-state index in [2.05, 4.69) is 38.5 Å². The quantitative estimate of drug-likeness (QED) is 0.732. The normalized spacial score (nSPS) is 17.0. The largest absolute Gasteiger partial charge is 0.223 e. The fourth-order valence-electron chi connectivity index (χ4n) is 1.25. The van der Waals surface area contributed by atoms with Gasteiger partial charge in [0.25, 0.3) is 0 Å². The Balaban J connectivity index is 2.55. The number of hydrogen-bond acceptors (Lipinski definition) is 2. The maximum absolute atomic E-state index is 11.9. The van der Waals surface area contributed by atoms with Crippen molar-refractivity contribution in [3.63, 3.8) is 0 Å². The Labute approximate surface area is 105 Å². The van der Waals surface area contributed by atoms with Crippen LogP contribution in [0, 0.1) is 3.57 Å². The smallest absolute Gasteiger partial charge is 0.182 e. The predicted octanol–water partition coefficient (Wildman–Crippen LogP) is 2.99. The van der Waals surface area contributed by atoms with Crippen LogP contribution >= 0.6 is 38.5 Å². The number of hydrogen-bond donors (Lipinski definition) is 0. The third-order valence-corrected chi connectivity index (χ3v) is 6.09. The van der Waals surface area contributed by atoms with Crippen LogP contribution in [0.15, 0.2) is 27.6 Å². The first-order chi connectivity index (χ1) is 6.51. The van der Waals surface area contributed by atoms with Gasteiger partial charge in [-0.2, -0.15) is 0 Å². The molecule has 14 heavy (non-hydrogen) atoms. The first-order valence-electron chi connectivity index (χ1n) is 4.21. The van der Waals surface area contributed by atoms with Crippen LogP contribution in [-0.4, -0.2) is 13.7 Å². The topological polar surface area (TPSA) is 34.1 Å². The molecule has 0 N–H and O–H groups in total. The van der Waals surface area contributed by atoms with Gasteiger partial charge in [0.2, 0.25) is 0 Å². The van der Waals surface area contributed by atoms with Gasteiger partial charge >= 0.3 is 0 Å². The third-order valence-electron chi connectivity index (χ3n) is 2.16. The van der Waals surface area contributed by atoms with Crippen molar-refractivity contribution in [3.05, 3.63) is 26.2 Å². The number of halogens is 2. The summed E-state index contributed by atoms with van der Waals surface area (Å²) in [6.45, 7) is 0. The van der Waals surface area contributed by atoms with E-state index in [1.54, 1.807) is 12.1 Å². The zero-order valence-electron chi connectivity index (χ0n) is 7.20. The predicted molar refractivity (Wildman–Crippen MR) is 67.1 cm³/mol. The molecule has 2 nitrogen and oxygen atoms in total. The minimum absolute atomic E-state index is 0.142. The Kier molecular flexibility index (Phi) is 2.92. The second kappa shape index (κ2) is 3.75. The number of benzene rings is 1. The van der Waals surface area contributed by atoms with Crippen LogP contribution in [0.25, 0.3) is 0 Å². The molecule has 1 aromatic rings. The van der Waals surface area contributed by atoms with Crippen molar-refractivity contribution in [2.75, 3.05) is 0 Å². The highest BCUT2D eigenvalue weighted by Crippen LogP contribution is 2.36. The van der Waals surface area contributed by atoms with Gasteiger partial charge in [-0.25, -0.2) is 8.42 Å². The van der Waals surface area contributed by atoms with Crippen molar-refractivity contribution in [1.82, 2.24) is 0 Å². The van der Waals surface area contributed by atoms with Gasteiger partial charge in [-0.15, -0.1) is 0 Å². The van der Waals surface area contributed by atoms with E-state index >= 15 is 0 Å². The van der Waals surface area contributed by atoms with Crippen molar-refractivity contribution < 1.29 is 8.42 Å². The van der Waals surface area contributed by atoms with Gasteiger partial charge in [0.15, 0.2) is 9.84 Å². The molecule has 0 spiro atoms. The van der Waals surface area contributed by atoms with E-state index in [1.807, 2.05) is 6.07 Å². The SMILES string of the molecule is O=S(=O)(c1cc(I)ccc1Br)C1CC1. The average Bonchev–Trinajstić information content (AvgIpc) is 2.91. The van der Waals surface area contributed by atoms with E-state index in [0.717, 1.165) is 16.4 Å². The van der Waals surface area contributed by atoms with Crippen LogP contribution < -0.4 is 0 Å². The second-order valence-electron chi connectivity index (χ2n) is 3.32. The molecular formula is C9H8BrIO2S. The molecule has 0 unspecified atom stereocenters. The van der Waals surface area contributed by atoms with E-state index in [-0.39, 0.29) is 5.25 Å². The third kappa shape index (κ3) is 1.99. The Morgan fingerprint density at radius 3 is 2.57 bits per heavy atom. The van der Waals surface area contributed by atoms with Crippen molar-refractivity contribution >= 4 is 48.4 Å². The molecule has 76 valence electrons. The Bertz CT molecular complexity index is 466. The molecule has 0 atom stereocenters. The highest BCUT2D eigenvalue weighted by atomic mass is 127. The van der Waals surface area contributed by atoms with E-state index in [0.29, 0.717) is 9.37 Å². The van der Waals surface area contributed by atoms with Gasteiger partial charge in [-0.1, -0.05) is 0 Å². The summed E-state index contributed by atoms with van der Waals surface area (Å²) < 4.78 is 25.5. The van der Waals surface area contributed by atoms with E-state index in [4.69, 9.17) is 0 Å². The van der Waals surface area contributed by atoms with Crippen molar-refractivity contribution in [1.29, 1.82) is 0 Å². The molecule has 0 aromatic heterocycles. The fourth-order valence-corrected chi connectivity index (χ4v) is 4.63. The van der Waals surface area contributed by atoms with Gasteiger partial charge in [0.1, 0.15) is 0 Å². The van der Waals surface area contributed by atoms with Gasteiger partial charge in [-0.05, 0) is 69.6 Å². The maximum Gasteiger partial charge on any atom is 0.182 e. The van der Waals surface area contributed by atoms with Crippen molar-refractivity contribution in [2.45, 2.75) is 23.0 Å². The van der Waals surface area contributed by atoms with E-state index in [9.17, 15) is 8.42 Å². The Morgan fingerprint density at radius 2 is 2.00 bits per heavy atom. The average molecular weight is 387 g/mol. The van der Waals surface area contributed by atoms with Gasteiger partial charge in [0, 0.05) is 8.04 Å². The zero-order chi connectivity index (χ0) is 10.3. The lowest BCUT2D eigenvalue weighted by Crippen LogP contribution is -2.08. The Hall–Kier alpha value is 0.380. The zero-order valence-corrected chi connectivity index (χ0v) is 11.8. The van der Waals surface area contributed by atoms with Crippen LogP contribution in [0.3, 0.4) is 0 Å². The van der Waals surface area contributed by atoms with Crippen LogP contribution in [0.2, 0.25) is 0 Å². The van der Waals surface area contributed by atoms with Crippen LogP contribution in [0.4, 0.5) is 0 Å². The van der Waals surface area contributed by atoms with Gasteiger partial charge in [0.05, 0.1) is 10.1 Å². The monoisotopic (exact) mass is 386 g/mol. The van der Waals surface area contributed by atoms with Crippen LogP contribution in [0.1, 0.15) is 12.8 Å². The van der Waals surface area contributed by atoms with Gasteiger partial charge < -0.3 is 0 Å². The molecule has 1 saturated carbocycles. The lowest BCUT2D eigenvalue weighted by molar-refractivity contribution is 0.594. The highest BCUT2D eigenvalue weighted by Gasteiger charge is 2.37. The molecule has 1 aliphatic carbocycles. The lowest BCUT2D eigenvalue weighted by atomic mass is 10.4. The molecule has 0 aliphatic heterocycles. The lowest BCUT2D eigenvalue weighted by Gasteiger charge is -2.05. The van der Waals surface area contributed by atoms with Gasteiger partial charge in [-0.3, -0.25) is 0 Å². The molecule has 2 rings (SSSR count). The van der Waals surface area contributed by atoms with Crippen LogP contribution in [0.5, 0.6) is 0 Å². The summed E-state index contributed by atoms with van der Waals surface area (Å²) in [4.78, 5) is 0.437. The maximum atomic E-state index is 11.9. The number of sulfone groups is 1. The molecule has 1 aliphatic rings. The van der Waals surface area contributed by atoms with E-state index in [1.165, 1.54) is 0 Å². The minimum Gasteiger partial charge on any atom is -0.223 e. The van der Waals surface area contributed by atoms with Crippen molar-refractivity contribution in [2.24, 2.45) is 0 Å². The highest BCUT2D eigenvalue weighted by molar-refractivity contribution is 14.1. The standard InChI is InChI=1S/C9H8BrIO2S/c10-8-4-1-6(11)5-9(8)14(12,13)7-2-3-7/h1,4-5,7H,2-3H2. The molecule has 0 bridgehead atoms. The van der Waals surface area contributed by atoms with Crippen molar-refractivity contribution in [3.8, 4) is 0 Å². The molecule has 0 radical (unpaired) electrons. The Morgan fingerprint density at radius 1 is 1.36 bits per heavy atom. The van der Waals surface area contributed by atoms with E-state index < -0.39 is 9.84 Å². The first-order valence-corrected chi connectivity index (χ1v) is 7.62. The summed E-state index contributed by atoms with van der Waals surface area (Å²) in [6, 6.07) is 5.39.